The average Bonchev–Trinajstić information content (AvgIpc) is 3.56. The zero-order chi connectivity index (χ0) is 38.7. The summed E-state index contributed by atoms with van der Waals surface area (Å²) in [5.74, 6) is -0.236. The second kappa shape index (κ2) is 22.6. The van der Waals surface area contributed by atoms with E-state index >= 15 is 0 Å². The normalized spacial score (nSPS) is 12.7. The van der Waals surface area contributed by atoms with E-state index in [0.29, 0.717) is 31.6 Å². The first-order chi connectivity index (χ1) is 26.2. The third-order valence-electron chi connectivity index (χ3n) is 10.7. The fourth-order valence-electron chi connectivity index (χ4n) is 7.67. The molecule has 2 aromatic carbocycles. The Balaban J connectivity index is 1.31. The van der Waals surface area contributed by atoms with Crippen LogP contribution in [0.15, 0.2) is 71.8 Å². The molecule has 2 heterocycles. The van der Waals surface area contributed by atoms with Crippen molar-refractivity contribution >= 4 is 41.8 Å². The van der Waals surface area contributed by atoms with Gasteiger partial charge in [0.05, 0.1) is 12.9 Å². The number of aromatic amines is 1. The number of fused-ring (bicyclic) bond motifs is 1. The fraction of sp³-hybridized carbons (Fsp3) is 0.591. The van der Waals surface area contributed by atoms with Gasteiger partial charge < -0.3 is 19.5 Å². The second-order valence-electron chi connectivity index (χ2n) is 16.1. The minimum Gasteiger partial charge on any atom is -0.465 e. The second-order valence-corrected chi connectivity index (χ2v) is 20.4. The number of anilines is 1. The standard InChI is InChI=1S/C44H67N5O4Si/c1-5-6-7-8-9-10-11-12-13-14-15-16-17-18-25-30-39(50)52-34-36(33-49-35-46-40-41(49)47-43(45)48-42(40)51)31-32-53-54(44(2,3)4,37-26-21-19-22-27-37)38-28-23-20-24-29-38/h19-24,26-29,35-36H,5-18,25,30-34H2,1-4H3,(H3,45,47,48,51). The number of nitrogens with zero attached hydrogens (tertiary/aromatic N) is 3. The van der Waals surface area contributed by atoms with Crippen LogP contribution in [0.1, 0.15) is 137 Å². The SMILES string of the molecule is CCCCCCCCCCCCCCCCCC(=O)OCC(CCO[Si](c1ccccc1)(c1ccccc1)C(C)(C)C)Cn1cnc2c(=O)[nH]c(N)nc21. The number of imidazole rings is 1. The van der Waals surface area contributed by atoms with Gasteiger partial charge in [0.25, 0.3) is 13.9 Å². The van der Waals surface area contributed by atoms with Crippen molar-refractivity contribution < 1.29 is 14.0 Å². The Kier molecular flexibility index (Phi) is 18.0. The van der Waals surface area contributed by atoms with Crippen LogP contribution in [0.2, 0.25) is 5.04 Å². The molecule has 0 spiro atoms. The smallest absolute Gasteiger partial charge is 0.305 e. The van der Waals surface area contributed by atoms with Gasteiger partial charge in [-0.15, -0.1) is 0 Å². The van der Waals surface area contributed by atoms with Crippen LogP contribution in [-0.4, -0.2) is 47.0 Å². The van der Waals surface area contributed by atoms with Crippen molar-refractivity contribution in [2.45, 2.75) is 148 Å². The first-order valence-electron chi connectivity index (χ1n) is 20.8. The van der Waals surface area contributed by atoms with Gasteiger partial charge in [-0.25, -0.2) is 4.98 Å². The number of hydrogen-bond acceptors (Lipinski definition) is 7. The maximum absolute atomic E-state index is 13.0. The minimum atomic E-state index is -2.75. The van der Waals surface area contributed by atoms with Crippen LogP contribution in [0.4, 0.5) is 5.95 Å². The number of hydrogen-bond donors (Lipinski definition) is 2. The summed E-state index contributed by atoms with van der Waals surface area (Å²) in [5.41, 5.74) is 6.17. The molecule has 0 fully saturated rings. The zero-order valence-electron chi connectivity index (χ0n) is 33.6. The van der Waals surface area contributed by atoms with E-state index in [1.165, 1.54) is 87.4 Å². The number of nitrogen functional groups attached to an aromatic ring is 1. The van der Waals surface area contributed by atoms with Crippen molar-refractivity contribution in [1.29, 1.82) is 0 Å². The number of rotatable bonds is 26. The molecule has 10 heteroatoms. The van der Waals surface area contributed by atoms with Crippen LogP contribution in [-0.2, 0) is 20.5 Å². The number of esters is 1. The average molecular weight is 758 g/mol. The summed E-state index contributed by atoms with van der Waals surface area (Å²) in [4.78, 5) is 36.7. The summed E-state index contributed by atoms with van der Waals surface area (Å²) in [6, 6.07) is 21.2. The van der Waals surface area contributed by atoms with E-state index in [1.54, 1.807) is 6.33 Å². The molecule has 0 aliphatic rings. The molecule has 9 nitrogen and oxygen atoms in total. The van der Waals surface area contributed by atoms with Gasteiger partial charge in [-0.1, -0.05) is 178 Å². The highest BCUT2D eigenvalue weighted by atomic mass is 28.4. The van der Waals surface area contributed by atoms with E-state index in [1.807, 2.05) is 16.7 Å². The molecule has 1 unspecified atom stereocenters. The van der Waals surface area contributed by atoms with Gasteiger partial charge in [0.2, 0.25) is 5.95 Å². The lowest BCUT2D eigenvalue weighted by atomic mass is 10.0. The van der Waals surface area contributed by atoms with Gasteiger partial charge in [0, 0.05) is 25.5 Å². The molecule has 296 valence electrons. The summed E-state index contributed by atoms with van der Waals surface area (Å²) < 4.78 is 14.9. The molecule has 4 aromatic rings. The zero-order valence-corrected chi connectivity index (χ0v) is 34.6. The molecule has 1 atom stereocenters. The van der Waals surface area contributed by atoms with Crippen LogP contribution >= 0.6 is 0 Å². The predicted molar refractivity (Wildman–Crippen MR) is 225 cm³/mol. The number of benzene rings is 2. The fourth-order valence-corrected chi connectivity index (χ4v) is 12.3. The number of nitrogens with one attached hydrogen (secondary N) is 1. The van der Waals surface area contributed by atoms with E-state index in [0.717, 1.165) is 19.3 Å². The molecule has 0 amide bonds. The minimum absolute atomic E-state index is 0.0377. The van der Waals surface area contributed by atoms with Crippen LogP contribution < -0.4 is 21.7 Å². The van der Waals surface area contributed by atoms with E-state index in [4.69, 9.17) is 14.9 Å². The van der Waals surface area contributed by atoms with Gasteiger partial charge in [0.15, 0.2) is 11.2 Å². The third-order valence-corrected chi connectivity index (χ3v) is 15.7. The number of carbonyl (C=O) groups excluding carboxylic acids is 1. The quantitative estimate of drug-likeness (QED) is 0.0372. The third kappa shape index (κ3) is 12.9. The first kappa shape index (κ1) is 43.0. The summed E-state index contributed by atoms with van der Waals surface area (Å²) in [7, 11) is -2.75. The molecule has 0 aliphatic carbocycles. The molecule has 0 aliphatic heterocycles. The van der Waals surface area contributed by atoms with Crippen molar-refractivity contribution in [3.8, 4) is 0 Å². The van der Waals surface area contributed by atoms with Crippen molar-refractivity contribution in [3.05, 3.63) is 77.3 Å². The molecule has 3 N–H and O–H groups in total. The number of ether oxygens (including phenoxy) is 1. The maximum Gasteiger partial charge on any atom is 0.305 e. The van der Waals surface area contributed by atoms with Crippen molar-refractivity contribution in [3.63, 3.8) is 0 Å². The summed E-state index contributed by atoms with van der Waals surface area (Å²) >= 11 is 0. The van der Waals surface area contributed by atoms with Crippen LogP contribution in [0.3, 0.4) is 0 Å². The molecule has 0 saturated carbocycles. The van der Waals surface area contributed by atoms with Gasteiger partial charge >= 0.3 is 5.97 Å². The lowest BCUT2D eigenvalue weighted by Gasteiger charge is -2.43. The van der Waals surface area contributed by atoms with E-state index < -0.39 is 8.32 Å². The van der Waals surface area contributed by atoms with E-state index in [-0.39, 0.29) is 40.6 Å². The first-order valence-corrected chi connectivity index (χ1v) is 22.7. The number of carbonyl (C=O) groups is 1. The van der Waals surface area contributed by atoms with Crippen LogP contribution in [0.5, 0.6) is 0 Å². The lowest BCUT2D eigenvalue weighted by molar-refractivity contribution is -0.145. The molecular formula is C44H67N5O4Si. The lowest BCUT2D eigenvalue weighted by Crippen LogP contribution is -2.66. The summed E-state index contributed by atoms with van der Waals surface area (Å²) in [6.07, 6.45) is 22.0. The van der Waals surface area contributed by atoms with Crippen molar-refractivity contribution in [1.82, 2.24) is 19.5 Å². The van der Waals surface area contributed by atoms with Gasteiger partial charge in [0.1, 0.15) is 0 Å². The Bertz CT molecular complexity index is 1660. The predicted octanol–water partition coefficient (Wildman–Crippen LogP) is 9.09. The highest BCUT2D eigenvalue weighted by Crippen LogP contribution is 2.37. The number of nitrogens with two attached hydrogens (primary N) is 1. The Morgan fingerprint density at radius 2 is 1.33 bits per heavy atom. The summed E-state index contributed by atoms with van der Waals surface area (Å²) in [6.45, 7) is 10.2. The Hall–Kier alpha value is -3.76. The largest absolute Gasteiger partial charge is 0.465 e. The molecule has 2 aromatic heterocycles. The number of aromatic nitrogens is 4. The summed E-state index contributed by atoms with van der Waals surface area (Å²) in [5, 5.41) is 2.28. The monoisotopic (exact) mass is 757 g/mol. The molecular weight excluding hydrogens is 691 g/mol. The van der Waals surface area contributed by atoms with E-state index in [2.05, 4.69) is 91.2 Å². The number of H-pyrrole nitrogens is 1. The molecule has 4 rings (SSSR count). The molecule has 0 saturated heterocycles. The molecule has 54 heavy (non-hydrogen) atoms. The molecule has 0 radical (unpaired) electrons. The van der Waals surface area contributed by atoms with E-state index in [9.17, 15) is 9.59 Å². The Morgan fingerprint density at radius 3 is 1.85 bits per heavy atom. The highest BCUT2D eigenvalue weighted by Gasteiger charge is 2.50. The van der Waals surface area contributed by atoms with Crippen LogP contribution in [0, 0.1) is 5.92 Å². The van der Waals surface area contributed by atoms with Gasteiger partial charge in [-0.2, -0.15) is 4.98 Å². The Labute approximate surface area is 325 Å². The van der Waals surface area contributed by atoms with Crippen molar-refractivity contribution in [2.24, 2.45) is 5.92 Å². The number of unbranched alkanes of at least 4 members (excludes halogenated alkanes) is 14. The topological polar surface area (TPSA) is 125 Å². The van der Waals surface area contributed by atoms with Crippen molar-refractivity contribution in [2.75, 3.05) is 18.9 Å². The Morgan fingerprint density at radius 1 is 0.815 bits per heavy atom. The maximum atomic E-state index is 13.0. The molecule has 0 bridgehead atoms. The van der Waals surface area contributed by atoms with Gasteiger partial charge in [-0.05, 0) is 28.3 Å². The van der Waals surface area contributed by atoms with Gasteiger partial charge in [-0.3, -0.25) is 14.6 Å². The highest BCUT2D eigenvalue weighted by molar-refractivity contribution is 6.99. The van der Waals surface area contributed by atoms with Crippen LogP contribution in [0.25, 0.3) is 11.2 Å².